The number of rotatable bonds is 0. The van der Waals surface area contributed by atoms with Crippen molar-refractivity contribution in [3.63, 3.8) is 0 Å². The van der Waals surface area contributed by atoms with Gasteiger partial charge in [-0.3, -0.25) is 0 Å². The average molecular weight is 162 g/mol. The molecular weight excluding hydrogens is 146 g/mol. The van der Waals surface area contributed by atoms with E-state index in [-0.39, 0.29) is 12.4 Å². The fraction of sp³-hybridized carbons (Fsp3) is 1.00. The Balaban J connectivity index is 0.000000500. The molecule has 1 N–H and O–H groups in total. The van der Waals surface area contributed by atoms with Crippen molar-refractivity contribution in [2.75, 3.05) is 13.1 Å². The maximum absolute atomic E-state index is 3.41. The summed E-state index contributed by atoms with van der Waals surface area (Å²) in [6.07, 6.45) is 7.45. The summed E-state index contributed by atoms with van der Waals surface area (Å²) < 4.78 is 0. The van der Waals surface area contributed by atoms with E-state index in [1.54, 1.807) is 0 Å². The monoisotopic (exact) mass is 161 g/mol. The first kappa shape index (κ1) is 8.35. The van der Waals surface area contributed by atoms with E-state index in [0.29, 0.717) is 0 Å². The summed E-state index contributed by atoms with van der Waals surface area (Å²) in [7, 11) is 0. The van der Waals surface area contributed by atoms with E-state index in [9.17, 15) is 0 Å². The molecule has 1 heterocycles. The van der Waals surface area contributed by atoms with Crippen LogP contribution in [0, 0.1) is 5.41 Å². The Kier molecular flexibility index (Phi) is 2.59. The number of hydrogen-bond acceptors (Lipinski definition) is 1. The molecule has 1 aliphatic heterocycles. The molecule has 0 amide bonds. The van der Waals surface area contributed by atoms with Crippen LogP contribution in [-0.4, -0.2) is 13.1 Å². The maximum Gasteiger partial charge on any atom is -0.00436 e. The van der Waals surface area contributed by atoms with Crippen molar-refractivity contribution in [2.24, 2.45) is 5.41 Å². The number of piperidine rings is 1. The molecule has 0 bridgehead atoms. The van der Waals surface area contributed by atoms with Gasteiger partial charge < -0.3 is 5.32 Å². The standard InChI is InChI=1S/C8H15N.ClH/c1-2-8(3-1)4-6-9-7-5-8;/h9H,1-7H2;1H. The lowest BCUT2D eigenvalue weighted by molar-refractivity contribution is 0.0864. The molecule has 2 fully saturated rings. The topological polar surface area (TPSA) is 12.0 Å². The molecule has 0 aromatic rings. The highest BCUT2D eigenvalue weighted by molar-refractivity contribution is 5.85. The fourth-order valence-corrected chi connectivity index (χ4v) is 2.13. The van der Waals surface area contributed by atoms with Gasteiger partial charge in [0.15, 0.2) is 0 Å². The number of hydrogen-bond donors (Lipinski definition) is 1. The normalized spacial score (nSPS) is 28.8. The van der Waals surface area contributed by atoms with Crippen LogP contribution in [0.25, 0.3) is 0 Å². The summed E-state index contributed by atoms with van der Waals surface area (Å²) >= 11 is 0. The lowest BCUT2D eigenvalue weighted by Gasteiger charge is -2.45. The third-order valence-corrected chi connectivity index (χ3v) is 3.08. The second kappa shape index (κ2) is 3.10. The summed E-state index contributed by atoms with van der Waals surface area (Å²) in [6.45, 7) is 2.56. The van der Waals surface area contributed by atoms with E-state index in [4.69, 9.17) is 0 Å². The van der Waals surface area contributed by atoms with Crippen LogP contribution in [0.1, 0.15) is 32.1 Å². The largest absolute Gasteiger partial charge is 0.317 e. The van der Waals surface area contributed by atoms with Crippen molar-refractivity contribution in [1.29, 1.82) is 0 Å². The van der Waals surface area contributed by atoms with Gasteiger partial charge in [-0.25, -0.2) is 0 Å². The minimum Gasteiger partial charge on any atom is -0.317 e. The Morgan fingerprint density at radius 3 is 1.80 bits per heavy atom. The highest BCUT2D eigenvalue weighted by Gasteiger charge is 2.37. The van der Waals surface area contributed by atoms with Gasteiger partial charge in [-0.05, 0) is 44.2 Å². The molecule has 1 saturated heterocycles. The predicted molar refractivity (Wildman–Crippen MR) is 45.6 cm³/mol. The molecular formula is C8H16ClN. The SMILES string of the molecule is C1CC2(C1)CCNCC2.Cl. The molecule has 2 rings (SSSR count). The van der Waals surface area contributed by atoms with Crippen LogP contribution < -0.4 is 5.32 Å². The Morgan fingerprint density at radius 2 is 1.50 bits per heavy atom. The van der Waals surface area contributed by atoms with Crippen LogP contribution in [0.4, 0.5) is 0 Å². The third-order valence-electron chi connectivity index (χ3n) is 3.08. The number of nitrogens with one attached hydrogen (secondary N) is 1. The van der Waals surface area contributed by atoms with Crippen molar-refractivity contribution in [3.8, 4) is 0 Å². The summed E-state index contributed by atoms with van der Waals surface area (Å²) in [5.41, 5.74) is 0.839. The van der Waals surface area contributed by atoms with E-state index in [1.165, 1.54) is 45.2 Å². The van der Waals surface area contributed by atoms with E-state index in [2.05, 4.69) is 5.32 Å². The van der Waals surface area contributed by atoms with E-state index in [0.717, 1.165) is 5.41 Å². The van der Waals surface area contributed by atoms with Crippen molar-refractivity contribution in [2.45, 2.75) is 32.1 Å². The second-order valence-corrected chi connectivity index (χ2v) is 3.60. The Morgan fingerprint density at radius 1 is 0.900 bits per heavy atom. The third kappa shape index (κ3) is 1.30. The van der Waals surface area contributed by atoms with Gasteiger partial charge in [-0.2, -0.15) is 0 Å². The van der Waals surface area contributed by atoms with Crippen LogP contribution in [0.2, 0.25) is 0 Å². The molecule has 2 heteroatoms. The van der Waals surface area contributed by atoms with Crippen molar-refractivity contribution in [1.82, 2.24) is 5.32 Å². The van der Waals surface area contributed by atoms with Gasteiger partial charge in [-0.1, -0.05) is 6.42 Å². The van der Waals surface area contributed by atoms with Crippen molar-refractivity contribution < 1.29 is 0 Å². The van der Waals surface area contributed by atoms with Crippen molar-refractivity contribution in [3.05, 3.63) is 0 Å². The van der Waals surface area contributed by atoms with E-state index < -0.39 is 0 Å². The van der Waals surface area contributed by atoms with Gasteiger partial charge in [0.1, 0.15) is 0 Å². The average Bonchev–Trinajstić information content (AvgIpc) is 1.87. The van der Waals surface area contributed by atoms with Gasteiger partial charge in [0, 0.05) is 0 Å². The zero-order chi connectivity index (χ0) is 6.16. The zero-order valence-electron chi connectivity index (χ0n) is 6.36. The van der Waals surface area contributed by atoms with Crippen LogP contribution >= 0.6 is 12.4 Å². The minimum absolute atomic E-state index is 0. The fourth-order valence-electron chi connectivity index (χ4n) is 2.13. The van der Waals surface area contributed by atoms with Crippen LogP contribution in [0.5, 0.6) is 0 Å². The molecule has 1 spiro atoms. The van der Waals surface area contributed by atoms with Gasteiger partial charge in [0.25, 0.3) is 0 Å². The lowest BCUT2D eigenvalue weighted by Crippen LogP contribution is -2.40. The van der Waals surface area contributed by atoms with Crippen molar-refractivity contribution >= 4 is 12.4 Å². The first-order chi connectivity index (χ1) is 4.41. The Labute approximate surface area is 69.0 Å². The first-order valence-electron chi connectivity index (χ1n) is 4.12. The van der Waals surface area contributed by atoms with Crippen LogP contribution in [0.3, 0.4) is 0 Å². The molecule has 0 radical (unpaired) electrons. The van der Waals surface area contributed by atoms with Crippen LogP contribution in [-0.2, 0) is 0 Å². The van der Waals surface area contributed by atoms with Crippen LogP contribution in [0.15, 0.2) is 0 Å². The lowest BCUT2D eigenvalue weighted by atomic mass is 9.63. The zero-order valence-corrected chi connectivity index (χ0v) is 7.17. The molecule has 0 aromatic carbocycles. The molecule has 0 aromatic heterocycles. The molecule has 1 nitrogen and oxygen atoms in total. The summed E-state index contributed by atoms with van der Waals surface area (Å²) in [6, 6.07) is 0. The predicted octanol–water partition coefficient (Wildman–Crippen LogP) is 1.96. The van der Waals surface area contributed by atoms with Gasteiger partial charge in [0.05, 0.1) is 0 Å². The second-order valence-electron chi connectivity index (χ2n) is 3.60. The highest BCUT2D eigenvalue weighted by atomic mass is 35.5. The molecule has 10 heavy (non-hydrogen) atoms. The summed E-state index contributed by atoms with van der Waals surface area (Å²) in [5.74, 6) is 0. The molecule has 60 valence electrons. The minimum atomic E-state index is 0. The van der Waals surface area contributed by atoms with Gasteiger partial charge in [-0.15, -0.1) is 12.4 Å². The summed E-state index contributed by atoms with van der Waals surface area (Å²) in [4.78, 5) is 0. The smallest absolute Gasteiger partial charge is 0.00436 e. The molecule has 0 atom stereocenters. The molecule has 0 unspecified atom stereocenters. The molecule has 2 aliphatic rings. The number of halogens is 1. The Hall–Kier alpha value is 0.250. The summed E-state index contributed by atoms with van der Waals surface area (Å²) in [5, 5.41) is 3.41. The Bertz CT molecular complexity index is 102. The quantitative estimate of drug-likeness (QED) is 0.573. The molecule has 1 saturated carbocycles. The van der Waals surface area contributed by atoms with E-state index in [1.807, 2.05) is 0 Å². The highest BCUT2D eigenvalue weighted by Crippen LogP contribution is 2.47. The van der Waals surface area contributed by atoms with E-state index >= 15 is 0 Å². The molecule has 1 aliphatic carbocycles. The first-order valence-corrected chi connectivity index (χ1v) is 4.12. The maximum atomic E-state index is 3.41. The van der Waals surface area contributed by atoms with Gasteiger partial charge in [0.2, 0.25) is 0 Å². The van der Waals surface area contributed by atoms with Gasteiger partial charge >= 0.3 is 0 Å².